The topological polar surface area (TPSA) is 78.7 Å². The zero-order valence-electron chi connectivity index (χ0n) is 15.7. The van der Waals surface area contributed by atoms with Gasteiger partial charge in [0.2, 0.25) is 5.91 Å². The minimum absolute atomic E-state index is 0.0454. The van der Waals surface area contributed by atoms with Crippen LogP contribution in [0.25, 0.3) is 11.0 Å². The first-order valence-corrected chi connectivity index (χ1v) is 9.68. The van der Waals surface area contributed by atoms with Crippen molar-refractivity contribution >= 4 is 16.9 Å². The second-order valence-electron chi connectivity index (χ2n) is 8.21. The maximum absolute atomic E-state index is 13.1. The number of nitrogens with zero attached hydrogens (tertiary/aromatic N) is 3. The summed E-state index contributed by atoms with van der Waals surface area (Å²) in [5.74, 6) is -3.21. The highest BCUT2D eigenvalue weighted by Crippen LogP contribution is 2.50. The van der Waals surface area contributed by atoms with E-state index in [1.807, 2.05) is 6.07 Å². The van der Waals surface area contributed by atoms with Crippen LogP contribution in [-0.2, 0) is 4.79 Å². The van der Waals surface area contributed by atoms with Gasteiger partial charge in [-0.05, 0) is 42.7 Å². The lowest BCUT2D eigenvalue weighted by Crippen LogP contribution is -2.40. The molecule has 0 aliphatic heterocycles. The van der Waals surface area contributed by atoms with Crippen molar-refractivity contribution in [2.75, 3.05) is 0 Å². The predicted molar refractivity (Wildman–Crippen MR) is 99.6 cm³/mol. The number of nitriles is 1. The minimum atomic E-state index is -2.67. The van der Waals surface area contributed by atoms with E-state index in [1.54, 1.807) is 18.5 Å². The summed E-state index contributed by atoms with van der Waals surface area (Å²) in [7, 11) is 0. The summed E-state index contributed by atoms with van der Waals surface area (Å²) in [6.45, 7) is 2.14. The number of fused-ring (bicyclic) bond motifs is 1. The molecule has 2 aliphatic rings. The Hall–Kier alpha value is -2.62. The van der Waals surface area contributed by atoms with Crippen LogP contribution in [0.4, 0.5) is 8.78 Å². The Balaban J connectivity index is 1.52. The molecule has 146 valence electrons. The van der Waals surface area contributed by atoms with Gasteiger partial charge in [0.15, 0.2) is 0 Å². The molecule has 1 aromatic heterocycles. The van der Waals surface area contributed by atoms with Gasteiger partial charge in [-0.1, -0.05) is 13.0 Å². The van der Waals surface area contributed by atoms with Crippen LogP contribution in [0.2, 0.25) is 0 Å². The van der Waals surface area contributed by atoms with Crippen LogP contribution in [0.15, 0.2) is 24.5 Å². The quantitative estimate of drug-likeness (QED) is 0.866. The van der Waals surface area contributed by atoms with Crippen LogP contribution in [-0.4, -0.2) is 27.8 Å². The van der Waals surface area contributed by atoms with E-state index in [0.29, 0.717) is 17.0 Å². The fourth-order valence-electron chi connectivity index (χ4n) is 4.47. The van der Waals surface area contributed by atoms with Gasteiger partial charge in [0, 0.05) is 37.2 Å². The van der Waals surface area contributed by atoms with Crippen LogP contribution in [0.5, 0.6) is 0 Å². The number of amides is 1. The molecule has 7 heteroatoms. The summed E-state index contributed by atoms with van der Waals surface area (Å²) >= 11 is 0. The van der Waals surface area contributed by atoms with Gasteiger partial charge in [0.05, 0.1) is 11.1 Å². The summed E-state index contributed by atoms with van der Waals surface area (Å²) in [5.41, 5.74) is 2.84. The molecule has 1 N–H and O–H groups in total. The Labute approximate surface area is 162 Å². The van der Waals surface area contributed by atoms with E-state index in [4.69, 9.17) is 0 Å². The molecule has 0 radical (unpaired) electrons. The number of carbonyl (C=O) groups excluding carboxylic acids is 1. The molecule has 4 rings (SSSR count). The number of benzene rings is 1. The smallest absolute Gasteiger partial charge is 0.252 e. The van der Waals surface area contributed by atoms with E-state index < -0.39 is 11.8 Å². The van der Waals surface area contributed by atoms with Crippen LogP contribution in [0.1, 0.15) is 56.1 Å². The normalized spacial score (nSPS) is 28.5. The molecule has 4 atom stereocenters. The van der Waals surface area contributed by atoms with Crippen molar-refractivity contribution in [1.82, 2.24) is 15.3 Å². The van der Waals surface area contributed by atoms with Crippen molar-refractivity contribution in [2.24, 2.45) is 11.8 Å². The molecule has 2 aromatic rings. The van der Waals surface area contributed by atoms with Gasteiger partial charge < -0.3 is 5.32 Å². The lowest BCUT2D eigenvalue weighted by atomic mass is 9.75. The number of aromatic nitrogens is 2. The SMILES string of the molecule is CC1CC(NC(=O)CC2CC2(F)F)CC(c2ccc(C#N)c3nccnc23)C1. The average molecular weight is 384 g/mol. The van der Waals surface area contributed by atoms with Crippen molar-refractivity contribution in [3.8, 4) is 6.07 Å². The van der Waals surface area contributed by atoms with Crippen LogP contribution < -0.4 is 5.32 Å². The monoisotopic (exact) mass is 384 g/mol. The lowest BCUT2D eigenvalue weighted by Gasteiger charge is -2.34. The summed E-state index contributed by atoms with van der Waals surface area (Å²) in [4.78, 5) is 21.0. The number of hydrogen-bond donors (Lipinski definition) is 1. The maximum atomic E-state index is 13.1. The standard InChI is InChI=1S/C21H22F2N4O/c1-12-6-14(8-16(7-12)27-18(28)9-15-10-21(15,22)23)17-3-2-13(11-24)19-20(17)26-5-4-25-19/h2-5,12,14-16H,6-10H2,1H3,(H,27,28). The minimum Gasteiger partial charge on any atom is -0.353 e. The Morgan fingerprint density at radius 3 is 2.64 bits per heavy atom. The first-order valence-electron chi connectivity index (χ1n) is 9.68. The number of nitrogens with one attached hydrogen (secondary N) is 1. The fourth-order valence-corrected chi connectivity index (χ4v) is 4.47. The highest BCUT2D eigenvalue weighted by Gasteiger charge is 2.57. The van der Waals surface area contributed by atoms with E-state index in [9.17, 15) is 18.8 Å². The fraction of sp³-hybridized carbons (Fsp3) is 0.524. The van der Waals surface area contributed by atoms with Crippen molar-refractivity contribution in [1.29, 1.82) is 5.26 Å². The van der Waals surface area contributed by atoms with Gasteiger partial charge in [0.1, 0.15) is 11.6 Å². The van der Waals surface area contributed by atoms with E-state index in [0.717, 1.165) is 30.3 Å². The molecule has 0 bridgehead atoms. The average Bonchev–Trinajstić information content (AvgIpc) is 3.25. The molecule has 28 heavy (non-hydrogen) atoms. The molecule has 2 saturated carbocycles. The number of rotatable bonds is 4. The molecule has 2 fully saturated rings. The molecule has 5 nitrogen and oxygen atoms in total. The van der Waals surface area contributed by atoms with Gasteiger partial charge >= 0.3 is 0 Å². The van der Waals surface area contributed by atoms with Gasteiger partial charge in [-0.25, -0.2) is 8.78 Å². The number of carbonyl (C=O) groups is 1. The third-order valence-electron chi connectivity index (χ3n) is 5.91. The zero-order chi connectivity index (χ0) is 19.9. The second-order valence-corrected chi connectivity index (χ2v) is 8.21. The largest absolute Gasteiger partial charge is 0.353 e. The summed E-state index contributed by atoms with van der Waals surface area (Å²) in [6.07, 6.45) is 5.43. The third kappa shape index (κ3) is 3.68. The zero-order valence-corrected chi connectivity index (χ0v) is 15.7. The van der Waals surface area contributed by atoms with Gasteiger partial charge in [-0.15, -0.1) is 0 Å². The predicted octanol–water partition coefficient (Wildman–Crippen LogP) is 3.94. The molecule has 0 saturated heterocycles. The first-order chi connectivity index (χ1) is 13.4. The molecule has 1 amide bonds. The lowest BCUT2D eigenvalue weighted by molar-refractivity contribution is -0.123. The Bertz CT molecular complexity index is 955. The van der Waals surface area contributed by atoms with E-state index in [2.05, 4.69) is 28.3 Å². The van der Waals surface area contributed by atoms with Crippen molar-refractivity contribution in [2.45, 2.75) is 56.9 Å². The number of hydrogen-bond acceptors (Lipinski definition) is 4. The van der Waals surface area contributed by atoms with Crippen molar-refractivity contribution < 1.29 is 13.6 Å². The third-order valence-corrected chi connectivity index (χ3v) is 5.91. The van der Waals surface area contributed by atoms with E-state index in [-0.39, 0.29) is 30.7 Å². The molecule has 1 heterocycles. The molecule has 4 unspecified atom stereocenters. The van der Waals surface area contributed by atoms with Crippen molar-refractivity contribution in [3.05, 3.63) is 35.7 Å². The summed E-state index contributed by atoms with van der Waals surface area (Å²) < 4.78 is 26.2. The highest BCUT2D eigenvalue weighted by atomic mass is 19.3. The molecule has 1 aromatic carbocycles. The number of halogens is 2. The maximum Gasteiger partial charge on any atom is 0.252 e. The summed E-state index contributed by atoms with van der Waals surface area (Å²) in [6, 6.07) is 5.81. The Kier molecular flexibility index (Phi) is 4.74. The van der Waals surface area contributed by atoms with E-state index >= 15 is 0 Å². The molecular weight excluding hydrogens is 362 g/mol. The first kappa shape index (κ1) is 18.7. The number of alkyl halides is 2. The van der Waals surface area contributed by atoms with Gasteiger partial charge in [-0.3, -0.25) is 14.8 Å². The molecule has 2 aliphatic carbocycles. The molecular formula is C21H22F2N4O. The van der Waals surface area contributed by atoms with Crippen LogP contribution >= 0.6 is 0 Å². The highest BCUT2D eigenvalue weighted by molar-refractivity contribution is 5.84. The van der Waals surface area contributed by atoms with Gasteiger partial charge in [0.25, 0.3) is 5.92 Å². The van der Waals surface area contributed by atoms with Crippen LogP contribution in [0, 0.1) is 23.2 Å². The van der Waals surface area contributed by atoms with E-state index in [1.165, 1.54) is 0 Å². The Morgan fingerprint density at radius 1 is 1.25 bits per heavy atom. The van der Waals surface area contributed by atoms with Crippen LogP contribution in [0.3, 0.4) is 0 Å². The van der Waals surface area contributed by atoms with Gasteiger partial charge in [-0.2, -0.15) is 5.26 Å². The summed E-state index contributed by atoms with van der Waals surface area (Å²) in [5, 5.41) is 12.3. The van der Waals surface area contributed by atoms with Crippen molar-refractivity contribution in [3.63, 3.8) is 0 Å². The molecule has 0 spiro atoms. The second kappa shape index (κ2) is 7.08. The Morgan fingerprint density at radius 2 is 1.96 bits per heavy atom.